The number of methoxy groups -OCH3 is 1. The number of ether oxygens (including phenoxy) is 1. The zero-order valence-electron chi connectivity index (χ0n) is 10.4. The molecule has 1 aromatic carbocycles. The van der Waals surface area contributed by atoms with E-state index in [1.165, 1.54) is 19.4 Å². The molecule has 0 atom stereocenters. The summed E-state index contributed by atoms with van der Waals surface area (Å²) in [6.07, 6.45) is 3.14. The molecule has 1 rings (SSSR count). The van der Waals surface area contributed by atoms with Gasteiger partial charge in [0.25, 0.3) is 0 Å². The van der Waals surface area contributed by atoms with Gasteiger partial charge in [-0.15, -0.1) is 0 Å². The van der Waals surface area contributed by atoms with E-state index in [9.17, 15) is 4.39 Å². The fourth-order valence-corrected chi connectivity index (χ4v) is 1.48. The second-order valence-electron chi connectivity index (χ2n) is 3.42. The molecule has 0 amide bonds. The molecule has 0 aliphatic carbocycles. The summed E-state index contributed by atoms with van der Waals surface area (Å²) in [5.74, 6) is -0.381. The number of nitrogens with zero attached hydrogens (tertiary/aromatic N) is 3. The topological polar surface area (TPSA) is 48.6 Å². The van der Waals surface area contributed by atoms with Crippen molar-refractivity contribution >= 4 is 6.21 Å². The minimum atomic E-state index is -0.601. The molecule has 0 N–H and O–H groups in total. The van der Waals surface area contributed by atoms with Crippen LogP contribution in [0.1, 0.15) is 18.1 Å². The molecule has 0 unspecified atom stereocenters. The lowest BCUT2D eigenvalue weighted by Crippen LogP contribution is -2.09. The average molecular weight is 247 g/mol. The van der Waals surface area contributed by atoms with E-state index in [-0.39, 0.29) is 11.3 Å². The number of nitriles is 1. The monoisotopic (exact) mass is 247 g/mol. The van der Waals surface area contributed by atoms with Crippen LogP contribution in [0.4, 0.5) is 4.39 Å². The molecule has 0 aliphatic rings. The minimum Gasteiger partial charge on any atom is -0.495 e. The van der Waals surface area contributed by atoms with E-state index in [0.717, 1.165) is 0 Å². The summed E-state index contributed by atoms with van der Waals surface area (Å²) in [5.41, 5.74) is 0.555. The molecular weight excluding hydrogens is 233 g/mol. The molecule has 5 heteroatoms. The van der Waals surface area contributed by atoms with Gasteiger partial charge in [0.15, 0.2) is 0 Å². The lowest BCUT2D eigenvalue weighted by Gasteiger charge is -2.14. The van der Waals surface area contributed by atoms with E-state index in [1.807, 2.05) is 0 Å². The van der Waals surface area contributed by atoms with Crippen molar-refractivity contribution in [2.75, 3.05) is 7.11 Å². The molecule has 0 aromatic heterocycles. The minimum absolute atomic E-state index is 0.0922. The van der Waals surface area contributed by atoms with Gasteiger partial charge in [-0.3, -0.25) is 5.01 Å². The predicted octanol–water partition coefficient (Wildman–Crippen LogP) is 2.66. The van der Waals surface area contributed by atoms with Crippen LogP contribution in [0, 0.1) is 17.1 Å². The lowest BCUT2D eigenvalue weighted by atomic mass is 10.1. The Bertz CT molecular complexity index is 506. The number of rotatable bonds is 5. The summed E-state index contributed by atoms with van der Waals surface area (Å²) in [5, 5.41) is 14.4. The largest absolute Gasteiger partial charge is 0.495 e. The van der Waals surface area contributed by atoms with Crippen LogP contribution in [0.5, 0.6) is 5.75 Å². The lowest BCUT2D eigenvalue weighted by molar-refractivity contribution is 0.386. The third-order valence-electron chi connectivity index (χ3n) is 2.26. The highest BCUT2D eigenvalue weighted by molar-refractivity contribution is 5.52. The first-order valence-electron chi connectivity index (χ1n) is 5.30. The molecule has 0 heterocycles. The van der Waals surface area contributed by atoms with Crippen LogP contribution < -0.4 is 4.74 Å². The smallest absolute Gasteiger partial charge is 0.145 e. The molecule has 94 valence electrons. The summed E-state index contributed by atoms with van der Waals surface area (Å²) in [6.45, 7) is 5.74. The van der Waals surface area contributed by atoms with E-state index in [0.29, 0.717) is 12.1 Å². The number of halogens is 1. The summed E-state index contributed by atoms with van der Waals surface area (Å²) >= 11 is 0. The van der Waals surface area contributed by atoms with Gasteiger partial charge in [0, 0.05) is 12.4 Å². The van der Waals surface area contributed by atoms with Crippen LogP contribution in [0.2, 0.25) is 0 Å². The molecule has 0 bridgehead atoms. The van der Waals surface area contributed by atoms with Gasteiger partial charge in [-0.05, 0) is 24.6 Å². The van der Waals surface area contributed by atoms with Crippen molar-refractivity contribution in [1.29, 1.82) is 5.26 Å². The van der Waals surface area contributed by atoms with Crippen LogP contribution in [0.15, 0.2) is 30.0 Å². The second-order valence-corrected chi connectivity index (χ2v) is 3.42. The third kappa shape index (κ3) is 3.08. The molecule has 18 heavy (non-hydrogen) atoms. The first-order valence-corrected chi connectivity index (χ1v) is 5.30. The van der Waals surface area contributed by atoms with E-state index in [1.54, 1.807) is 30.3 Å². The van der Waals surface area contributed by atoms with E-state index in [2.05, 4.69) is 11.7 Å². The van der Waals surface area contributed by atoms with Crippen LogP contribution in [-0.4, -0.2) is 18.3 Å². The Labute approximate surface area is 106 Å². The van der Waals surface area contributed by atoms with Crippen molar-refractivity contribution in [2.24, 2.45) is 5.10 Å². The highest BCUT2D eigenvalue weighted by Gasteiger charge is 2.12. The molecule has 0 radical (unpaired) electrons. The van der Waals surface area contributed by atoms with Crippen molar-refractivity contribution in [2.45, 2.75) is 13.5 Å². The van der Waals surface area contributed by atoms with Crippen molar-refractivity contribution < 1.29 is 9.13 Å². The summed E-state index contributed by atoms with van der Waals surface area (Å²) < 4.78 is 18.6. The van der Waals surface area contributed by atoms with Gasteiger partial charge < -0.3 is 4.74 Å². The fraction of sp³-hybridized carbons (Fsp3) is 0.231. The Morgan fingerprint density at radius 2 is 2.33 bits per heavy atom. The van der Waals surface area contributed by atoms with Gasteiger partial charge >= 0.3 is 0 Å². The van der Waals surface area contributed by atoms with Crippen molar-refractivity contribution in [3.63, 3.8) is 0 Å². The summed E-state index contributed by atoms with van der Waals surface area (Å²) in [6, 6.07) is 4.68. The zero-order valence-corrected chi connectivity index (χ0v) is 10.4. The summed E-state index contributed by atoms with van der Waals surface area (Å²) in [4.78, 5) is 0. The third-order valence-corrected chi connectivity index (χ3v) is 2.26. The molecule has 0 saturated carbocycles. The van der Waals surface area contributed by atoms with Gasteiger partial charge in [-0.25, -0.2) is 4.39 Å². The van der Waals surface area contributed by atoms with Gasteiger partial charge in [0.2, 0.25) is 0 Å². The Hall–Kier alpha value is -2.35. The fourth-order valence-electron chi connectivity index (χ4n) is 1.48. The average Bonchev–Trinajstić information content (AvgIpc) is 2.37. The molecule has 0 saturated heterocycles. The predicted molar refractivity (Wildman–Crippen MR) is 67.6 cm³/mol. The maximum atomic E-state index is 13.7. The highest BCUT2D eigenvalue weighted by Crippen LogP contribution is 2.23. The maximum absolute atomic E-state index is 13.7. The van der Waals surface area contributed by atoms with E-state index < -0.39 is 5.82 Å². The summed E-state index contributed by atoms with van der Waals surface area (Å²) in [7, 11) is 1.40. The normalized spacial score (nSPS) is 10.1. The van der Waals surface area contributed by atoms with Crippen LogP contribution in [0.25, 0.3) is 0 Å². The standard InChI is InChI=1S/C13H14FN3O/c1-4-16-17(5-2)9-10-6-12(14)11(8-15)13(7-10)18-3/h4-7H,2,9H2,1,3H3/b16-4-. The van der Waals surface area contributed by atoms with Gasteiger partial charge in [-0.1, -0.05) is 6.58 Å². The van der Waals surface area contributed by atoms with E-state index >= 15 is 0 Å². The number of hydrogen-bond acceptors (Lipinski definition) is 4. The van der Waals surface area contributed by atoms with Crippen LogP contribution in [0.3, 0.4) is 0 Å². The SMILES string of the molecule is C=CN(Cc1cc(F)c(C#N)c(OC)c1)/N=C\C. The van der Waals surface area contributed by atoms with Crippen molar-refractivity contribution in [3.05, 3.63) is 41.9 Å². The van der Waals surface area contributed by atoms with Crippen molar-refractivity contribution in [3.8, 4) is 11.8 Å². The zero-order chi connectivity index (χ0) is 13.5. The number of benzene rings is 1. The van der Waals surface area contributed by atoms with Gasteiger partial charge in [-0.2, -0.15) is 10.4 Å². The second kappa shape index (κ2) is 6.40. The van der Waals surface area contributed by atoms with Gasteiger partial charge in [0.05, 0.1) is 13.7 Å². The molecule has 1 aromatic rings. The maximum Gasteiger partial charge on any atom is 0.145 e. The highest BCUT2D eigenvalue weighted by atomic mass is 19.1. The quantitative estimate of drug-likeness (QED) is 0.593. The Kier molecular flexibility index (Phi) is 4.88. The Morgan fingerprint density at radius 1 is 1.61 bits per heavy atom. The molecule has 4 nitrogen and oxygen atoms in total. The number of hydrazone groups is 1. The van der Waals surface area contributed by atoms with Gasteiger partial charge in [0.1, 0.15) is 23.2 Å². The van der Waals surface area contributed by atoms with Crippen LogP contribution >= 0.6 is 0 Å². The first kappa shape index (κ1) is 13.7. The molecular formula is C13H14FN3O. The Balaban J connectivity index is 3.08. The Morgan fingerprint density at radius 3 is 2.83 bits per heavy atom. The molecule has 0 fully saturated rings. The van der Waals surface area contributed by atoms with E-state index in [4.69, 9.17) is 10.00 Å². The number of hydrogen-bond donors (Lipinski definition) is 0. The molecule has 0 aliphatic heterocycles. The first-order chi connectivity index (χ1) is 8.65. The van der Waals surface area contributed by atoms with Crippen LogP contribution in [-0.2, 0) is 6.54 Å². The van der Waals surface area contributed by atoms with Crippen molar-refractivity contribution in [1.82, 2.24) is 5.01 Å². The molecule has 0 spiro atoms.